The zero-order valence-electron chi connectivity index (χ0n) is 10.3. The van der Waals surface area contributed by atoms with Gasteiger partial charge in [-0.1, -0.05) is 35.0 Å². The van der Waals surface area contributed by atoms with Crippen LogP contribution in [0.1, 0.15) is 11.5 Å². The molecule has 3 aromatic rings. The van der Waals surface area contributed by atoms with Crippen LogP contribution in [0.3, 0.4) is 0 Å². The lowest BCUT2D eigenvalue weighted by atomic mass is 10.1. The fraction of sp³-hybridized carbons (Fsp3) is 0.0714. The molecule has 0 saturated heterocycles. The van der Waals surface area contributed by atoms with Crippen LogP contribution >= 0.6 is 11.6 Å². The molecule has 0 radical (unpaired) electrons. The number of hydrogen-bond donors (Lipinski definition) is 1. The lowest BCUT2D eigenvalue weighted by molar-refractivity contribution is 0.383. The van der Waals surface area contributed by atoms with E-state index in [0.29, 0.717) is 28.9 Å². The third-order valence-electron chi connectivity index (χ3n) is 2.76. The van der Waals surface area contributed by atoms with Crippen LogP contribution in [0.15, 0.2) is 47.1 Å². The summed E-state index contributed by atoms with van der Waals surface area (Å²) in [6.07, 6.45) is 1.89. The van der Waals surface area contributed by atoms with Crippen molar-refractivity contribution < 1.29 is 9.63 Å². The summed E-state index contributed by atoms with van der Waals surface area (Å²) in [6, 6.07) is 10.5. The van der Waals surface area contributed by atoms with Crippen LogP contribution in [-0.2, 0) is 6.42 Å². The topological polar surface area (TPSA) is 72.0 Å². The third kappa shape index (κ3) is 2.62. The number of rotatable bonds is 3. The summed E-state index contributed by atoms with van der Waals surface area (Å²) in [6.45, 7) is 0. The summed E-state index contributed by atoms with van der Waals surface area (Å²) >= 11 is 5.77. The molecule has 100 valence electrons. The summed E-state index contributed by atoms with van der Waals surface area (Å²) < 4.78 is 5.16. The van der Waals surface area contributed by atoms with Gasteiger partial charge in [-0.2, -0.15) is 4.98 Å². The molecule has 2 aromatic heterocycles. The molecule has 20 heavy (non-hydrogen) atoms. The average molecular weight is 288 g/mol. The van der Waals surface area contributed by atoms with Crippen molar-refractivity contribution in [3.8, 4) is 17.3 Å². The minimum absolute atomic E-state index is 0.205. The largest absolute Gasteiger partial charge is 0.508 e. The van der Waals surface area contributed by atoms with Gasteiger partial charge in [-0.25, -0.2) is 0 Å². The van der Waals surface area contributed by atoms with Crippen molar-refractivity contribution in [3.63, 3.8) is 0 Å². The van der Waals surface area contributed by atoms with Crippen LogP contribution in [-0.4, -0.2) is 20.2 Å². The predicted octanol–water partition coefficient (Wildman–Crippen LogP) is 3.08. The van der Waals surface area contributed by atoms with E-state index in [0.717, 1.165) is 5.56 Å². The van der Waals surface area contributed by atoms with Crippen LogP contribution in [0, 0.1) is 0 Å². The average Bonchev–Trinajstić information content (AvgIpc) is 2.91. The van der Waals surface area contributed by atoms with Crippen molar-refractivity contribution in [2.45, 2.75) is 6.42 Å². The first-order chi connectivity index (χ1) is 9.72. The van der Waals surface area contributed by atoms with E-state index in [4.69, 9.17) is 16.1 Å². The lowest BCUT2D eigenvalue weighted by Crippen LogP contribution is -1.90. The van der Waals surface area contributed by atoms with Crippen molar-refractivity contribution in [1.29, 1.82) is 0 Å². The molecule has 1 aromatic carbocycles. The highest BCUT2D eigenvalue weighted by Crippen LogP contribution is 2.21. The summed E-state index contributed by atoms with van der Waals surface area (Å²) in [7, 11) is 0. The number of aromatic nitrogens is 3. The first-order valence-electron chi connectivity index (χ1n) is 5.94. The van der Waals surface area contributed by atoms with Gasteiger partial charge in [0, 0.05) is 11.8 Å². The van der Waals surface area contributed by atoms with Gasteiger partial charge in [-0.05, 0) is 18.2 Å². The van der Waals surface area contributed by atoms with E-state index < -0.39 is 0 Å². The van der Waals surface area contributed by atoms with Gasteiger partial charge in [0.15, 0.2) is 0 Å². The number of benzene rings is 1. The normalized spacial score (nSPS) is 10.7. The highest BCUT2D eigenvalue weighted by atomic mass is 35.5. The molecule has 6 heteroatoms. The number of nitrogens with zero attached hydrogens (tertiary/aromatic N) is 3. The number of halogens is 1. The molecular weight excluding hydrogens is 278 g/mol. The maximum absolute atomic E-state index is 9.71. The van der Waals surface area contributed by atoms with E-state index in [9.17, 15) is 5.11 Å². The van der Waals surface area contributed by atoms with Gasteiger partial charge in [0.05, 0.1) is 11.4 Å². The van der Waals surface area contributed by atoms with Crippen molar-refractivity contribution in [2.75, 3.05) is 0 Å². The molecule has 2 heterocycles. The van der Waals surface area contributed by atoms with Gasteiger partial charge < -0.3 is 9.63 Å². The Morgan fingerprint density at radius 1 is 1.15 bits per heavy atom. The van der Waals surface area contributed by atoms with Gasteiger partial charge >= 0.3 is 0 Å². The molecule has 0 bridgehead atoms. The number of para-hydroxylation sites is 1. The van der Waals surface area contributed by atoms with E-state index >= 15 is 0 Å². The SMILES string of the molecule is Oc1ccccc1Cc1nc(-c2ccc(Cl)cn2)no1. The monoisotopic (exact) mass is 287 g/mol. The molecule has 5 nitrogen and oxygen atoms in total. The Morgan fingerprint density at radius 2 is 2.00 bits per heavy atom. The Bertz CT molecular complexity index is 725. The summed E-state index contributed by atoms with van der Waals surface area (Å²) in [4.78, 5) is 8.37. The molecule has 0 aliphatic heterocycles. The minimum Gasteiger partial charge on any atom is -0.508 e. The van der Waals surface area contributed by atoms with E-state index in [1.54, 1.807) is 30.3 Å². The predicted molar refractivity (Wildman–Crippen MR) is 73.5 cm³/mol. The van der Waals surface area contributed by atoms with Gasteiger partial charge in [0.1, 0.15) is 11.4 Å². The van der Waals surface area contributed by atoms with E-state index in [2.05, 4.69) is 15.1 Å². The fourth-order valence-corrected chi connectivity index (χ4v) is 1.87. The van der Waals surface area contributed by atoms with E-state index in [1.165, 1.54) is 6.20 Å². The molecule has 0 unspecified atom stereocenters. The highest BCUT2D eigenvalue weighted by Gasteiger charge is 2.11. The zero-order chi connectivity index (χ0) is 13.9. The molecule has 0 aliphatic rings. The zero-order valence-corrected chi connectivity index (χ0v) is 11.1. The van der Waals surface area contributed by atoms with Crippen LogP contribution in [0.4, 0.5) is 0 Å². The molecule has 1 N–H and O–H groups in total. The molecule has 0 fully saturated rings. The quantitative estimate of drug-likeness (QED) is 0.801. The first-order valence-corrected chi connectivity index (χ1v) is 6.31. The van der Waals surface area contributed by atoms with Crippen LogP contribution in [0.2, 0.25) is 5.02 Å². The molecular formula is C14H10ClN3O2. The molecule has 0 spiro atoms. The third-order valence-corrected chi connectivity index (χ3v) is 2.98. The Kier molecular flexibility index (Phi) is 3.35. The molecule has 0 saturated carbocycles. The second-order valence-electron chi connectivity index (χ2n) is 4.18. The van der Waals surface area contributed by atoms with Crippen LogP contribution < -0.4 is 0 Å². The molecule has 0 aliphatic carbocycles. The van der Waals surface area contributed by atoms with Crippen LogP contribution in [0.25, 0.3) is 11.5 Å². The van der Waals surface area contributed by atoms with Crippen molar-refractivity contribution >= 4 is 11.6 Å². The molecule has 0 atom stereocenters. The van der Waals surface area contributed by atoms with E-state index in [-0.39, 0.29) is 5.75 Å². The Hall–Kier alpha value is -2.40. The molecule has 3 rings (SSSR count). The number of hydrogen-bond acceptors (Lipinski definition) is 5. The van der Waals surface area contributed by atoms with Crippen LogP contribution in [0.5, 0.6) is 5.75 Å². The standard InChI is InChI=1S/C14H10ClN3O2/c15-10-5-6-11(16-8-10)14-17-13(20-18-14)7-9-3-1-2-4-12(9)19/h1-6,8,19H,7H2. The Morgan fingerprint density at radius 3 is 2.75 bits per heavy atom. The second kappa shape index (κ2) is 5.30. The maximum Gasteiger partial charge on any atom is 0.231 e. The molecule has 0 amide bonds. The van der Waals surface area contributed by atoms with E-state index in [1.807, 2.05) is 6.07 Å². The highest BCUT2D eigenvalue weighted by molar-refractivity contribution is 6.30. The number of aromatic hydroxyl groups is 1. The van der Waals surface area contributed by atoms with Crippen molar-refractivity contribution in [3.05, 3.63) is 59.1 Å². The fourth-order valence-electron chi connectivity index (χ4n) is 1.76. The van der Waals surface area contributed by atoms with Gasteiger partial charge in [0.25, 0.3) is 0 Å². The summed E-state index contributed by atoms with van der Waals surface area (Å²) in [5.74, 6) is 1.02. The Labute approximate surface area is 119 Å². The van der Waals surface area contributed by atoms with Crippen molar-refractivity contribution in [2.24, 2.45) is 0 Å². The minimum atomic E-state index is 0.205. The van der Waals surface area contributed by atoms with Crippen molar-refractivity contribution in [1.82, 2.24) is 15.1 Å². The van der Waals surface area contributed by atoms with Gasteiger partial charge in [-0.15, -0.1) is 0 Å². The lowest BCUT2D eigenvalue weighted by Gasteiger charge is -1.99. The number of phenolic OH excluding ortho intramolecular Hbond substituents is 1. The number of phenols is 1. The van der Waals surface area contributed by atoms with Gasteiger partial charge in [-0.3, -0.25) is 4.98 Å². The second-order valence-corrected chi connectivity index (χ2v) is 4.62. The Balaban J connectivity index is 1.84. The summed E-state index contributed by atoms with van der Waals surface area (Å²) in [5, 5.41) is 14.1. The first kappa shape index (κ1) is 12.6. The number of pyridine rings is 1. The summed E-state index contributed by atoms with van der Waals surface area (Å²) in [5.41, 5.74) is 1.31. The van der Waals surface area contributed by atoms with Gasteiger partial charge in [0.2, 0.25) is 11.7 Å². The smallest absolute Gasteiger partial charge is 0.231 e. The maximum atomic E-state index is 9.71.